The normalized spacial score (nSPS) is 18.5. The summed E-state index contributed by atoms with van der Waals surface area (Å²) in [7, 11) is 0. The van der Waals surface area contributed by atoms with Crippen molar-refractivity contribution in [2.45, 2.75) is 18.9 Å². The Morgan fingerprint density at radius 2 is 2.21 bits per heavy atom. The van der Waals surface area contributed by atoms with Gasteiger partial charge in [-0.2, -0.15) is 0 Å². The van der Waals surface area contributed by atoms with Crippen molar-refractivity contribution in [2.24, 2.45) is 0 Å². The standard InChI is InChI=1S/C14H16N4O/c19-14(17-11-5-2-1-3-6-11)18-10-4-7-12(18)13-15-8-9-16-13/h1-3,5-6,8-9,12H,4,7,10H2,(H,15,16)(H,17,19). The first-order valence-corrected chi connectivity index (χ1v) is 6.46. The maximum atomic E-state index is 12.3. The number of H-pyrrole nitrogens is 1. The van der Waals surface area contributed by atoms with Gasteiger partial charge in [0, 0.05) is 24.6 Å². The number of amides is 2. The minimum Gasteiger partial charge on any atom is -0.347 e. The summed E-state index contributed by atoms with van der Waals surface area (Å²) in [5.41, 5.74) is 0.817. The van der Waals surface area contributed by atoms with Crippen LogP contribution in [0.4, 0.5) is 10.5 Å². The lowest BCUT2D eigenvalue weighted by atomic mass is 10.2. The van der Waals surface area contributed by atoms with Gasteiger partial charge in [0.1, 0.15) is 5.82 Å². The molecule has 1 saturated heterocycles. The largest absolute Gasteiger partial charge is 0.347 e. The Balaban J connectivity index is 1.72. The van der Waals surface area contributed by atoms with E-state index in [0.29, 0.717) is 0 Å². The average molecular weight is 256 g/mol. The fourth-order valence-electron chi connectivity index (χ4n) is 2.47. The number of nitrogens with one attached hydrogen (secondary N) is 2. The van der Waals surface area contributed by atoms with Crippen LogP contribution in [-0.4, -0.2) is 27.4 Å². The molecule has 2 amide bonds. The van der Waals surface area contributed by atoms with E-state index >= 15 is 0 Å². The third-order valence-electron chi connectivity index (χ3n) is 3.37. The summed E-state index contributed by atoms with van der Waals surface area (Å²) in [5.74, 6) is 0.862. The van der Waals surface area contributed by atoms with Crippen LogP contribution >= 0.6 is 0 Å². The second-order valence-electron chi connectivity index (χ2n) is 4.62. The van der Waals surface area contributed by atoms with Crippen molar-refractivity contribution in [3.8, 4) is 0 Å². The Labute approximate surface area is 111 Å². The number of hydrogen-bond acceptors (Lipinski definition) is 2. The Morgan fingerprint density at radius 1 is 1.37 bits per heavy atom. The molecule has 0 spiro atoms. The lowest BCUT2D eigenvalue weighted by molar-refractivity contribution is 0.205. The zero-order valence-electron chi connectivity index (χ0n) is 10.5. The molecule has 1 unspecified atom stereocenters. The van der Waals surface area contributed by atoms with Gasteiger partial charge in [0.15, 0.2) is 0 Å². The molecule has 0 bridgehead atoms. The lowest BCUT2D eigenvalue weighted by Gasteiger charge is -2.23. The molecule has 0 saturated carbocycles. The highest BCUT2D eigenvalue weighted by molar-refractivity contribution is 5.89. The van der Waals surface area contributed by atoms with Gasteiger partial charge in [0.2, 0.25) is 0 Å². The van der Waals surface area contributed by atoms with E-state index in [9.17, 15) is 4.79 Å². The number of likely N-dealkylation sites (tertiary alicyclic amines) is 1. The molecule has 19 heavy (non-hydrogen) atoms. The molecule has 2 heterocycles. The van der Waals surface area contributed by atoms with Gasteiger partial charge in [-0.1, -0.05) is 18.2 Å². The molecule has 1 atom stereocenters. The number of urea groups is 1. The minimum atomic E-state index is -0.0647. The molecule has 1 aliphatic rings. The summed E-state index contributed by atoms with van der Waals surface area (Å²) in [4.78, 5) is 21.5. The van der Waals surface area contributed by atoms with Crippen molar-refractivity contribution >= 4 is 11.7 Å². The highest BCUT2D eigenvalue weighted by Gasteiger charge is 2.31. The number of aromatic nitrogens is 2. The molecule has 1 fully saturated rings. The first-order chi connectivity index (χ1) is 9.34. The number of hydrogen-bond donors (Lipinski definition) is 2. The third kappa shape index (κ3) is 2.45. The second-order valence-corrected chi connectivity index (χ2v) is 4.62. The molecule has 5 heteroatoms. The van der Waals surface area contributed by atoms with Crippen molar-refractivity contribution in [2.75, 3.05) is 11.9 Å². The van der Waals surface area contributed by atoms with Gasteiger partial charge in [0.05, 0.1) is 6.04 Å². The smallest absolute Gasteiger partial charge is 0.322 e. The van der Waals surface area contributed by atoms with E-state index in [1.807, 2.05) is 35.2 Å². The van der Waals surface area contributed by atoms with Gasteiger partial charge in [-0.15, -0.1) is 0 Å². The quantitative estimate of drug-likeness (QED) is 0.868. The van der Waals surface area contributed by atoms with Crippen LogP contribution in [-0.2, 0) is 0 Å². The number of carbonyl (C=O) groups is 1. The molecule has 1 aliphatic heterocycles. The average Bonchev–Trinajstić information content (AvgIpc) is 3.10. The number of anilines is 1. The van der Waals surface area contributed by atoms with Crippen LogP contribution in [0.2, 0.25) is 0 Å². The Morgan fingerprint density at radius 3 is 2.95 bits per heavy atom. The summed E-state index contributed by atoms with van der Waals surface area (Å²) in [6.07, 6.45) is 5.48. The van der Waals surface area contributed by atoms with Crippen molar-refractivity contribution in [1.82, 2.24) is 14.9 Å². The zero-order valence-corrected chi connectivity index (χ0v) is 10.5. The predicted octanol–water partition coefficient (Wildman–Crippen LogP) is 2.78. The molecule has 0 radical (unpaired) electrons. The number of aromatic amines is 1. The van der Waals surface area contributed by atoms with Crippen LogP contribution in [0.25, 0.3) is 0 Å². The number of benzene rings is 1. The van der Waals surface area contributed by atoms with Crippen LogP contribution in [0.3, 0.4) is 0 Å². The first-order valence-electron chi connectivity index (χ1n) is 6.46. The molecule has 5 nitrogen and oxygen atoms in total. The predicted molar refractivity (Wildman–Crippen MR) is 72.7 cm³/mol. The van der Waals surface area contributed by atoms with E-state index in [1.54, 1.807) is 12.4 Å². The van der Waals surface area contributed by atoms with Gasteiger partial charge in [-0.3, -0.25) is 0 Å². The van der Waals surface area contributed by atoms with Gasteiger partial charge in [0.25, 0.3) is 0 Å². The van der Waals surface area contributed by atoms with Crippen molar-refractivity contribution in [3.05, 3.63) is 48.5 Å². The van der Waals surface area contributed by atoms with Gasteiger partial charge in [-0.05, 0) is 25.0 Å². The summed E-state index contributed by atoms with van der Waals surface area (Å²) in [6.45, 7) is 0.768. The molecule has 3 rings (SSSR count). The summed E-state index contributed by atoms with van der Waals surface area (Å²) >= 11 is 0. The maximum Gasteiger partial charge on any atom is 0.322 e. The van der Waals surface area contributed by atoms with Crippen molar-refractivity contribution in [3.63, 3.8) is 0 Å². The monoisotopic (exact) mass is 256 g/mol. The van der Waals surface area contributed by atoms with Crippen LogP contribution in [0.15, 0.2) is 42.7 Å². The number of carbonyl (C=O) groups excluding carboxylic acids is 1. The minimum absolute atomic E-state index is 0.0544. The first kappa shape index (κ1) is 11.8. The van der Waals surface area contributed by atoms with E-state index in [-0.39, 0.29) is 12.1 Å². The van der Waals surface area contributed by atoms with E-state index < -0.39 is 0 Å². The van der Waals surface area contributed by atoms with Gasteiger partial charge >= 0.3 is 6.03 Å². The van der Waals surface area contributed by atoms with Crippen LogP contribution in [0.5, 0.6) is 0 Å². The number of rotatable bonds is 2. The molecular weight excluding hydrogens is 240 g/mol. The van der Waals surface area contributed by atoms with E-state index in [2.05, 4.69) is 15.3 Å². The SMILES string of the molecule is O=C(Nc1ccccc1)N1CCCC1c1ncc[nH]1. The van der Waals surface area contributed by atoms with E-state index in [4.69, 9.17) is 0 Å². The van der Waals surface area contributed by atoms with E-state index in [0.717, 1.165) is 30.9 Å². The number of nitrogens with zero attached hydrogens (tertiary/aromatic N) is 2. The summed E-state index contributed by atoms with van der Waals surface area (Å²) in [6, 6.07) is 9.50. The third-order valence-corrected chi connectivity index (χ3v) is 3.37. The van der Waals surface area contributed by atoms with Crippen molar-refractivity contribution < 1.29 is 4.79 Å². The van der Waals surface area contributed by atoms with Crippen LogP contribution in [0, 0.1) is 0 Å². The maximum absolute atomic E-state index is 12.3. The molecule has 1 aromatic heterocycles. The van der Waals surface area contributed by atoms with Crippen LogP contribution in [0.1, 0.15) is 24.7 Å². The second kappa shape index (κ2) is 5.14. The van der Waals surface area contributed by atoms with Crippen LogP contribution < -0.4 is 5.32 Å². The molecule has 1 aromatic carbocycles. The lowest BCUT2D eigenvalue weighted by Crippen LogP contribution is -2.34. The summed E-state index contributed by atoms with van der Waals surface area (Å²) in [5, 5.41) is 2.92. The molecule has 2 N–H and O–H groups in total. The fourth-order valence-corrected chi connectivity index (χ4v) is 2.47. The fraction of sp³-hybridized carbons (Fsp3) is 0.286. The zero-order chi connectivity index (χ0) is 13.1. The molecule has 2 aromatic rings. The topological polar surface area (TPSA) is 61.0 Å². The van der Waals surface area contributed by atoms with Crippen molar-refractivity contribution in [1.29, 1.82) is 0 Å². The Hall–Kier alpha value is -2.30. The Bertz CT molecular complexity index is 538. The molecule has 98 valence electrons. The highest BCUT2D eigenvalue weighted by atomic mass is 16.2. The van der Waals surface area contributed by atoms with Gasteiger partial charge in [-0.25, -0.2) is 9.78 Å². The summed E-state index contributed by atoms with van der Waals surface area (Å²) < 4.78 is 0. The Kier molecular flexibility index (Phi) is 3.18. The molecular formula is C14H16N4O. The van der Waals surface area contributed by atoms with E-state index in [1.165, 1.54) is 0 Å². The molecule has 0 aliphatic carbocycles. The van der Waals surface area contributed by atoms with Gasteiger partial charge < -0.3 is 15.2 Å². The number of imidazole rings is 1. The highest BCUT2D eigenvalue weighted by Crippen LogP contribution is 2.30. The number of para-hydroxylation sites is 1.